The molecule has 2 saturated heterocycles. The molecule has 4 aromatic carbocycles. The fourth-order valence-corrected chi connectivity index (χ4v) is 14.0. The molecule has 11 heteroatoms. The number of nitrogens with one attached hydrogen (secondary N) is 2. The Bertz CT molecular complexity index is 2110. The van der Waals surface area contributed by atoms with Crippen molar-refractivity contribution in [1.29, 1.82) is 0 Å². The molecule has 1 spiro atoms. The van der Waals surface area contributed by atoms with E-state index in [2.05, 4.69) is 48.9 Å². The van der Waals surface area contributed by atoms with Crippen LogP contribution in [0.5, 0.6) is 5.75 Å². The van der Waals surface area contributed by atoms with Crippen molar-refractivity contribution in [3.05, 3.63) is 114 Å². The Balaban J connectivity index is 1.22. The Morgan fingerprint density at radius 1 is 1.00 bits per heavy atom. The zero-order valence-corrected chi connectivity index (χ0v) is 33.7. The molecular weight excluding hydrogens is 721 g/mol. The van der Waals surface area contributed by atoms with E-state index in [1.165, 1.54) is 5.19 Å². The number of anilines is 3. The third kappa shape index (κ3) is 6.54. The maximum Gasteiger partial charge on any atom is 0.268 e. The molecule has 2 fully saturated rings. The van der Waals surface area contributed by atoms with Gasteiger partial charge in [0.25, 0.3) is 5.91 Å². The highest BCUT2D eigenvalue weighted by molar-refractivity contribution is 6.91. The molecule has 0 saturated carbocycles. The van der Waals surface area contributed by atoms with Gasteiger partial charge in [0.1, 0.15) is 5.75 Å². The predicted octanol–water partition coefficient (Wildman–Crippen LogP) is 5.86. The van der Waals surface area contributed by atoms with Crippen molar-refractivity contribution in [3.8, 4) is 5.75 Å². The Morgan fingerprint density at radius 3 is 2.43 bits per heavy atom. The van der Waals surface area contributed by atoms with E-state index >= 15 is 4.79 Å². The molecule has 4 aliphatic rings. The highest BCUT2D eigenvalue weighted by Crippen LogP contribution is 2.61. The molecule has 8 rings (SSSR count). The largest absolute Gasteiger partial charge is 0.497 e. The molecule has 1 unspecified atom stereocenters. The van der Waals surface area contributed by atoms with E-state index in [0.717, 1.165) is 42.0 Å². The van der Waals surface area contributed by atoms with Gasteiger partial charge in [0.2, 0.25) is 11.8 Å². The number of carbonyl (C=O) groups is 3. The Kier molecular flexibility index (Phi) is 10.4. The number of fused-ring (bicyclic) bond motifs is 3. The first kappa shape index (κ1) is 38.1. The van der Waals surface area contributed by atoms with Crippen LogP contribution in [0.4, 0.5) is 17.1 Å². The van der Waals surface area contributed by atoms with E-state index < -0.39 is 19.8 Å². The number of benzene rings is 4. The molecule has 10 nitrogen and oxygen atoms in total. The van der Waals surface area contributed by atoms with E-state index in [1.807, 2.05) is 78.9 Å². The summed E-state index contributed by atoms with van der Waals surface area (Å²) in [7, 11) is -0.912. The number of aliphatic hydroxyl groups excluding tert-OH is 1. The molecule has 4 aromatic rings. The molecule has 0 radical (unpaired) electrons. The molecule has 3 N–H and O–H groups in total. The minimum Gasteiger partial charge on any atom is -0.497 e. The van der Waals surface area contributed by atoms with Gasteiger partial charge in [-0.1, -0.05) is 79.8 Å². The lowest BCUT2D eigenvalue weighted by Gasteiger charge is -2.39. The van der Waals surface area contributed by atoms with Crippen molar-refractivity contribution >= 4 is 48.0 Å². The van der Waals surface area contributed by atoms with Gasteiger partial charge in [-0.25, -0.2) is 0 Å². The van der Waals surface area contributed by atoms with Crippen LogP contribution in [-0.2, 0) is 37.7 Å². The van der Waals surface area contributed by atoms with Crippen LogP contribution >= 0.6 is 0 Å². The number of hydrogen-bond donors (Lipinski definition) is 3. The minimum atomic E-state index is -2.56. The second-order valence-corrected chi connectivity index (χ2v) is 21.1. The topological polar surface area (TPSA) is 120 Å². The molecule has 3 amide bonds. The molecule has 56 heavy (non-hydrogen) atoms. The average molecular weight is 773 g/mol. The van der Waals surface area contributed by atoms with Crippen molar-refractivity contribution in [3.63, 3.8) is 0 Å². The van der Waals surface area contributed by atoms with Crippen molar-refractivity contribution in [2.24, 2.45) is 11.8 Å². The van der Waals surface area contributed by atoms with Crippen LogP contribution in [0.1, 0.15) is 42.9 Å². The van der Waals surface area contributed by atoms with Crippen LogP contribution in [-0.4, -0.2) is 74.8 Å². The van der Waals surface area contributed by atoms with Crippen LogP contribution in [0.2, 0.25) is 18.6 Å². The third-order valence-electron chi connectivity index (χ3n) is 13.0. The zero-order valence-electron chi connectivity index (χ0n) is 32.7. The number of carbonyl (C=O) groups excluding carboxylic acids is 3. The minimum absolute atomic E-state index is 0.0493. The zero-order chi connectivity index (χ0) is 39.2. The van der Waals surface area contributed by atoms with Gasteiger partial charge in [-0.2, -0.15) is 0 Å². The van der Waals surface area contributed by atoms with Crippen molar-refractivity contribution in [2.75, 3.05) is 37.0 Å². The number of amides is 3. The second kappa shape index (κ2) is 15.3. The molecule has 6 atom stereocenters. The quantitative estimate of drug-likeness (QED) is 0.182. The molecule has 0 aliphatic carbocycles. The third-order valence-corrected chi connectivity index (χ3v) is 17.3. The van der Waals surface area contributed by atoms with Crippen LogP contribution in [0.25, 0.3) is 0 Å². The Morgan fingerprint density at radius 2 is 1.73 bits per heavy atom. The van der Waals surface area contributed by atoms with Gasteiger partial charge >= 0.3 is 0 Å². The SMILES string of the molecule is COc1ccc([Si](C)(C)[C@@H]2[C@@H](CC(=O)N3Cc4ccccc4C[C@H]3CO)O[C@]3(C(=O)N(c4ccccc4)c4ccc(NC(=O)C5CCCNC5)cc43)[C@H]2C)cc1. The number of hydrogen-bond acceptors (Lipinski definition) is 7. The number of nitrogens with zero attached hydrogens (tertiary/aromatic N) is 2. The molecule has 0 aromatic heterocycles. The van der Waals surface area contributed by atoms with Crippen molar-refractivity contribution in [2.45, 2.75) is 75.5 Å². The number of piperidine rings is 1. The first-order valence-corrected chi connectivity index (χ1v) is 23.0. The molecular formula is C45H52N4O6Si. The first-order valence-electron chi connectivity index (χ1n) is 19.9. The van der Waals surface area contributed by atoms with Gasteiger partial charge in [0.15, 0.2) is 5.60 Å². The highest BCUT2D eigenvalue weighted by Gasteiger charge is 2.67. The number of ether oxygens (including phenoxy) is 2. The van der Waals surface area contributed by atoms with Crippen LogP contribution in [0.15, 0.2) is 97.1 Å². The van der Waals surface area contributed by atoms with Gasteiger partial charge in [-0.15, -0.1) is 0 Å². The summed E-state index contributed by atoms with van der Waals surface area (Å²) in [6.07, 6.45) is 1.77. The standard InChI is InChI=1S/C45H52N4O6Si/c1-29-42(56(3,4)37-19-17-36(54-2)18-20-37)40(25-41(51)48-27-32-12-9-8-11-30(32)23-35(48)28-50)55-45(29)38-24-33(47-43(52)31-13-10-22-46-26-31)16-21-39(38)49(44(45)53)34-14-6-5-7-15-34/h5-9,11-12,14-21,24,29,31,35,40,42,46,50H,10,13,22-23,25-28H2,1-4H3,(H,47,52)/t29-,31?,35-,40+,42-,45+/m0/s1. The summed E-state index contributed by atoms with van der Waals surface area (Å²) in [6.45, 7) is 8.50. The summed E-state index contributed by atoms with van der Waals surface area (Å²) < 4.78 is 12.9. The van der Waals surface area contributed by atoms with Crippen molar-refractivity contribution in [1.82, 2.24) is 10.2 Å². The van der Waals surface area contributed by atoms with Crippen LogP contribution < -0.4 is 25.5 Å². The summed E-state index contributed by atoms with van der Waals surface area (Å²) in [5.74, 6) is -0.0960. The number of para-hydroxylation sites is 1. The summed E-state index contributed by atoms with van der Waals surface area (Å²) in [5, 5.41) is 18.2. The summed E-state index contributed by atoms with van der Waals surface area (Å²) >= 11 is 0. The van der Waals surface area contributed by atoms with Crippen molar-refractivity contribution < 1.29 is 29.0 Å². The smallest absolute Gasteiger partial charge is 0.268 e. The normalized spacial score (nSPS) is 25.9. The van der Waals surface area contributed by atoms with E-state index in [4.69, 9.17) is 9.47 Å². The van der Waals surface area contributed by atoms with Gasteiger partial charge in [-0.3, -0.25) is 19.3 Å². The Labute approximate surface area is 330 Å². The second-order valence-electron chi connectivity index (χ2n) is 16.4. The van der Waals surface area contributed by atoms with E-state index in [0.29, 0.717) is 36.4 Å². The molecule has 0 bridgehead atoms. The van der Waals surface area contributed by atoms with Crippen LogP contribution in [0.3, 0.4) is 0 Å². The number of aliphatic hydroxyl groups is 1. The van der Waals surface area contributed by atoms with Gasteiger partial charge < -0.3 is 30.1 Å². The lowest BCUT2D eigenvalue weighted by Crippen LogP contribution is -2.52. The van der Waals surface area contributed by atoms with E-state index in [1.54, 1.807) is 16.9 Å². The van der Waals surface area contributed by atoms with E-state index in [9.17, 15) is 14.7 Å². The monoisotopic (exact) mass is 772 g/mol. The average Bonchev–Trinajstić information content (AvgIpc) is 3.66. The van der Waals surface area contributed by atoms with Gasteiger partial charge in [-0.05, 0) is 84.9 Å². The maximum atomic E-state index is 15.4. The molecule has 292 valence electrons. The number of methoxy groups -OCH3 is 1. The summed E-state index contributed by atoms with van der Waals surface area (Å²) in [6, 6.07) is 31.2. The highest BCUT2D eigenvalue weighted by atomic mass is 28.3. The lowest BCUT2D eigenvalue weighted by atomic mass is 9.82. The predicted molar refractivity (Wildman–Crippen MR) is 220 cm³/mol. The van der Waals surface area contributed by atoms with E-state index in [-0.39, 0.29) is 54.2 Å². The molecule has 4 aliphatic heterocycles. The fraction of sp³-hybridized carbons (Fsp3) is 0.400. The fourth-order valence-electron chi connectivity index (χ4n) is 10.0. The molecule has 4 heterocycles. The lowest BCUT2D eigenvalue weighted by molar-refractivity contribution is -0.150. The van der Waals surface area contributed by atoms with Crippen LogP contribution in [0, 0.1) is 11.8 Å². The summed E-state index contributed by atoms with van der Waals surface area (Å²) in [5.41, 5.74) is 3.33. The van der Waals surface area contributed by atoms with Gasteiger partial charge in [0, 0.05) is 35.9 Å². The first-order chi connectivity index (χ1) is 27.1. The Hall–Kier alpha value is -4.81. The summed E-state index contributed by atoms with van der Waals surface area (Å²) in [4.78, 5) is 47.1. The van der Waals surface area contributed by atoms with Gasteiger partial charge in [0.05, 0.1) is 52.0 Å². The number of rotatable bonds is 9. The maximum absolute atomic E-state index is 15.4.